The third kappa shape index (κ3) is 4.80. The van der Waals surface area contributed by atoms with Crippen LogP contribution in [0.3, 0.4) is 0 Å². The Kier molecular flexibility index (Phi) is 6.95. The molecule has 1 heterocycles. The number of hydrogen-bond acceptors (Lipinski definition) is 4. The third-order valence-electron chi connectivity index (χ3n) is 5.98. The molecule has 3 rings (SSSR count). The van der Waals surface area contributed by atoms with Crippen molar-refractivity contribution in [2.75, 3.05) is 19.6 Å². The van der Waals surface area contributed by atoms with Gasteiger partial charge in [-0.2, -0.15) is 9.57 Å². The number of nitrogens with zero attached hydrogens (tertiary/aromatic N) is 3. The van der Waals surface area contributed by atoms with E-state index in [-0.39, 0.29) is 22.8 Å². The summed E-state index contributed by atoms with van der Waals surface area (Å²) in [6.45, 7) is 0.952. The number of sulfonamides is 1. The molecule has 1 saturated carbocycles. The highest BCUT2D eigenvalue weighted by atomic mass is 32.2. The molecule has 1 aliphatic carbocycles. The number of amides is 1. The van der Waals surface area contributed by atoms with Crippen molar-refractivity contribution >= 4 is 15.9 Å². The smallest absolute Gasteiger partial charge is 0.243 e. The van der Waals surface area contributed by atoms with Crippen molar-refractivity contribution in [3.05, 3.63) is 29.8 Å². The van der Waals surface area contributed by atoms with Gasteiger partial charge in [0.1, 0.15) is 0 Å². The molecule has 7 heteroatoms. The minimum absolute atomic E-state index is 0.0743. The van der Waals surface area contributed by atoms with Crippen LogP contribution in [0.4, 0.5) is 0 Å². The first-order valence-corrected chi connectivity index (χ1v) is 11.7. The molecule has 2 aliphatic rings. The summed E-state index contributed by atoms with van der Waals surface area (Å²) >= 11 is 0. The first-order valence-electron chi connectivity index (χ1n) is 10.2. The van der Waals surface area contributed by atoms with Gasteiger partial charge in [-0.1, -0.05) is 25.2 Å². The van der Waals surface area contributed by atoms with Gasteiger partial charge in [0.2, 0.25) is 15.9 Å². The molecule has 1 aromatic rings. The zero-order valence-electron chi connectivity index (χ0n) is 16.6. The predicted molar refractivity (Wildman–Crippen MR) is 110 cm³/mol. The Morgan fingerprint density at radius 2 is 1.72 bits per heavy atom. The van der Waals surface area contributed by atoms with E-state index in [1.54, 1.807) is 0 Å². The van der Waals surface area contributed by atoms with E-state index in [0.29, 0.717) is 38.0 Å². The summed E-state index contributed by atoms with van der Waals surface area (Å²) in [5.41, 5.74) is 0.421. The Hall–Kier alpha value is -2.35. The molecule has 0 atom stereocenters. The Balaban J connectivity index is 1.64. The lowest BCUT2D eigenvalue weighted by atomic mass is 9.91. The van der Waals surface area contributed by atoms with Crippen molar-refractivity contribution in [3.63, 3.8) is 0 Å². The molecular formula is C22H27N3O3S. The molecule has 0 radical (unpaired) electrons. The van der Waals surface area contributed by atoms with Crippen LogP contribution in [0.25, 0.3) is 0 Å². The van der Waals surface area contributed by atoms with Gasteiger partial charge >= 0.3 is 0 Å². The second kappa shape index (κ2) is 9.43. The van der Waals surface area contributed by atoms with Crippen LogP contribution >= 0.6 is 0 Å². The minimum Gasteiger partial charge on any atom is -0.328 e. The quantitative estimate of drug-likeness (QED) is 0.695. The van der Waals surface area contributed by atoms with Gasteiger partial charge in [-0.3, -0.25) is 4.79 Å². The predicted octanol–water partition coefficient (Wildman–Crippen LogP) is 2.75. The van der Waals surface area contributed by atoms with Crippen LogP contribution in [0, 0.1) is 29.6 Å². The molecule has 1 amide bonds. The van der Waals surface area contributed by atoms with E-state index in [4.69, 9.17) is 11.7 Å². The number of carbonyl (C=O) groups excluding carboxylic acids is 1. The monoisotopic (exact) mass is 413 g/mol. The summed E-state index contributed by atoms with van der Waals surface area (Å²) in [6, 6.07) is 8.13. The minimum atomic E-state index is -3.62. The number of terminal acetylenes is 1. The van der Waals surface area contributed by atoms with Crippen LogP contribution in [-0.4, -0.2) is 49.2 Å². The van der Waals surface area contributed by atoms with Crippen LogP contribution < -0.4 is 0 Å². The van der Waals surface area contributed by atoms with Gasteiger partial charge in [-0.15, -0.1) is 6.42 Å². The van der Waals surface area contributed by atoms with Crippen LogP contribution in [0.2, 0.25) is 0 Å². The molecule has 0 bridgehead atoms. The lowest BCUT2D eigenvalue weighted by molar-refractivity contribution is -0.139. The number of benzene rings is 1. The second-order valence-electron chi connectivity index (χ2n) is 7.78. The molecule has 0 spiro atoms. The van der Waals surface area contributed by atoms with Crippen LogP contribution in [0.1, 0.15) is 50.5 Å². The fourth-order valence-corrected chi connectivity index (χ4v) is 5.78. The van der Waals surface area contributed by atoms with Crippen LogP contribution in [-0.2, 0) is 14.8 Å². The number of rotatable bonds is 5. The summed E-state index contributed by atoms with van der Waals surface area (Å²) in [5.74, 6) is 2.52. The van der Waals surface area contributed by atoms with E-state index >= 15 is 0 Å². The fraction of sp³-hybridized carbons (Fsp3) is 0.545. The molecule has 0 aromatic heterocycles. The molecular weight excluding hydrogens is 386 g/mol. The fourth-order valence-electron chi connectivity index (χ4n) is 4.31. The van der Waals surface area contributed by atoms with Gasteiger partial charge in [0.05, 0.1) is 23.1 Å². The highest BCUT2D eigenvalue weighted by Crippen LogP contribution is 2.28. The zero-order chi connectivity index (χ0) is 20.9. The average molecular weight is 414 g/mol. The zero-order valence-corrected chi connectivity index (χ0v) is 17.4. The molecule has 0 N–H and O–H groups in total. The lowest BCUT2D eigenvalue weighted by Gasteiger charge is -2.38. The summed E-state index contributed by atoms with van der Waals surface area (Å²) in [5, 5.41) is 8.88. The lowest BCUT2D eigenvalue weighted by Crippen LogP contribution is -2.48. The molecule has 2 fully saturated rings. The van der Waals surface area contributed by atoms with Crippen molar-refractivity contribution in [2.45, 2.75) is 55.9 Å². The van der Waals surface area contributed by atoms with E-state index in [1.807, 2.05) is 11.0 Å². The maximum Gasteiger partial charge on any atom is 0.243 e. The Morgan fingerprint density at radius 3 is 2.28 bits per heavy atom. The normalized spacial score (nSPS) is 19.2. The number of carbonyl (C=O) groups is 1. The maximum absolute atomic E-state index is 13.1. The molecule has 29 heavy (non-hydrogen) atoms. The molecule has 1 saturated heterocycles. The SMILES string of the molecule is C#CCN(C(=O)C1CCN(S(=O)(=O)c2ccc(C#N)cc2)CC1)C1CCCCC1. The molecule has 0 unspecified atom stereocenters. The van der Waals surface area contributed by atoms with Gasteiger partial charge in [0, 0.05) is 25.0 Å². The van der Waals surface area contributed by atoms with Gasteiger partial charge in [-0.25, -0.2) is 8.42 Å². The van der Waals surface area contributed by atoms with Gasteiger partial charge in [0.25, 0.3) is 0 Å². The first-order chi connectivity index (χ1) is 14.0. The van der Waals surface area contributed by atoms with E-state index in [9.17, 15) is 13.2 Å². The summed E-state index contributed by atoms with van der Waals surface area (Å²) in [4.78, 5) is 15.2. The van der Waals surface area contributed by atoms with Gasteiger partial charge in [0.15, 0.2) is 0 Å². The van der Waals surface area contributed by atoms with E-state index in [2.05, 4.69) is 5.92 Å². The average Bonchev–Trinajstić information content (AvgIpc) is 2.77. The topological polar surface area (TPSA) is 81.5 Å². The summed E-state index contributed by atoms with van der Waals surface area (Å²) in [6.07, 6.45) is 12.0. The molecule has 6 nitrogen and oxygen atoms in total. The summed E-state index contributed by atoms with van der Waals surface area (Å²) in [7, 11) is -3.62. The highest BCUT2D eigenvalue weighted by molar-refractivity contribution is 7.89. The van der Waals surface area contributed by atoms with Crippen molar-refractivity contribution < 1.29 is 13.2 Å². The molecule has 154 valence electrons. The van der Waals surface area contributed by atoms with E-state index < -0.39 is 10.0 Å². The first kappa shape index (κ1) is 21.4. The Bertz CT molecular complexity index is 898. The van der Waals surface area contributed by atoms with Crippen LogP contribution in [0.5, 0.6) is 0 Å². The van der Waals surface area contributed by atoms with E-state index in [1.165, 1.54) is 35.0 Å². The molecule has 1 aromatic carbocycles. The highest BCUT2D eigenvalue weighted by Gasteiger charge is 2.35. The number of piperidine rings is 1. The molecule has 1 aliphatic heterocycles. The van der Waals surface area contributed by atoms with Crippen molar-refractivity contribution in [1.29, 1.82) is 5.26 Å². The van der Waals surface area contributed by atoms with E-state index in [0.717, 1.165) is 25.7 Å². The van der Waals surface area contributed by atoms with Gasteiger partial charge in [-0.05, 0) is 49.9 Å². The van der Waals surface area contributed by atoms with Gasteiger partial charge < -0.3 is 4.90 Å². The van der Waals surface area contributed by atoms with Crippen molar-refractivity contribution in [1.82, 2.24) is 9.21 Å². The van der Waals surface area contributed by atoms with Crippen LogP contribution in [0.15, 0.2) is 29.2 Å². The number of nitriles is 1. The van der Waals surface area contributed by atoms with Crippen molar-refractivity contribution in [3.8, 4) is 18.4 Å². The largest absolute Gasteiger partial charge is 0.328 e. The Morgan fingerprint density at radius 1 is 1.10 bits per heavy atom. The third-order valence-corrected chi connectivity index (χ3v) is 7.90. The van der Waals surface area contributed by atoms with Crippen molar-refractivity contribution in [2.24, 2.45) is 5.92 Å². The standard InChI is InChI=1S/C22H27N3O3S/c1-2-14-25(20-6-4-3-5-7-20)22(26)19-12-15-24(16-13-19)29(27,28)21-10-8-18(17-23)9-11-21/h1,8-11,19-20H,3-7,12-16H2. The number of hydrogen-bond donors (Lipinski definition) is 0. The maximum atomic E-state index is 13.1. The summed E-state index contributed by atoms with van der Waals surface area (Å²) < 4.78 is 27.2. The Labute approximate surface area is 173 Å². The second-order valence-corrected chi connectivity index (χ2v) is 9.71.